The van der Waals surface area contributed by atoms with Crippen LogP contribution in [0.5, 0.6) is 5.88 Å². The van der Waals surface area contributed by atoms with Crippen molar-refractivity contribution in [3.63, 3.8) is 0 Å². The Balaban J connectivity index is 1.82. The highest BCUT2D eigenvalue weighted by Crippen LogP contribution is 2.39. The number of fused-ring (bicyclic) bond motifs is 1. The first-order valence-electron chi connectivity index (χ1n) is 9.02. The minimum absolute atomic E-state index is 0.109. The van der Waals surface area contributed by atoms with Gasteiger partial charge in [-0.25, -0.2) is 0 Å². The van der Waals surface area contributed by atoms with Crippen molar-refractivity contribution in [2.24, 2.45) is 16.1 Å². The van der Waals surface area contributed by atoms with Crippen molar-refractivity contribution in [1.29, 1.82) is 0 Å². The quantitative estimate of drug-likeness (QED) is 0.589. The molecular weight excluding hydrogens is 387 g/mol. The van der Waals surface area contributed by atoms with Crippen LogP contribution < -0.4 is 0 Å². The van der Waals surface area contributed by atoms with E-state index in [4.69, 9.17) is 0 Å². The number of azo groups is 1. The topological polar surface area (TPSA) is 84.8 Å². The third-order valence-corrected chi connectivity index (χ3v) is 4.34. The van der Waals surface area contributed by atoms with Gasteiger partial charge in [-0.15, -0.1) is 10.2 Å². The van der Waals surface area contributed by atoms with Crippen LogP contribution in [0.3, 0.4) is 0 Å². The Morgan fingerprint density at radius 1 is 1.24 bits per heavy atom. The lowest BCUT2D eigenvalue weighted by Gasteiger charge is -2.08. The third kappa shape index (κ3) is 4.64. The molecular formula is C19H20F3N5O2. The van der Waals surface area contributed by atoms with Crippen LogP contribution in [0.4, 0.5) is 18.9 Å². The lowest BCUT2D eigenvalue weighted by Crippen LogP contribution is -2.11. The molecule has 0 aliphatic rings. The molecule has 3 aromatic rings. The molecule has 1 N–H and O–H groups in total. The molecule has 7 nitrogen and oxygen atoms in total. The summed E-state index contributed by atoms with van der Waals surface area (Å²) in [4.78, 5) is 12.0. The van der Waals surface area contributed by atoms with E-state index in [0.717, 1.165) is 28.9 Å². The molecule has 1 amide bonds. The van der Waals surface area contributed by atoms with Gasteiger partial charge in [-0.05, 0) is 24.5 Å². The molecule has 1 aromatic carbocycles. The van der Waals surface area contributed by atoms with Crippen molar-refractivity contribution < 1.29 is 23.1 Å². The van der Waals surface area contributed by atoms with Crippen LogP contribution in [0.1, 0.15) is 26.0 Å². The van der Waals surface area contributed by atoms with E-state index < -0.39 is 24.3 Å². The van der Waals surface area contributed by atoms with E-state index in [1.54, 1.807) is 16.7 Å². The number of carbonyl (C=O) groups excluding carboxylic acids is 1. The molecule has 2 aromatic heterocycles. The minimum atomic E-state index is -4.58. The van der Waals surface area contributed by atoms with Crippen LogP contribution >= 0.6 is 0 Å². The monoisotopic (exact) mass is 407 g/mol. The Labute approximate surface area is 164 Å². The molecule has 10 heteroatoms. The fraction of sp³-hybridized carbons (Fsp3) is 0.368. The second-order valence-corrected chi connectivity index (χ2v) is 7.01. The molecule has 0 aliphatic carbocycles. The second-order valence-electron chi connectivity index (χ2n) is 7.01. The number of alkyl halides is 3. The molecule has 0 spiro atoms. The average molecular weight is 407 g/mol. The summed E-state index contributed by atoms with van der Waals surface area (Å²) in [5.41, 5.74) is -0.184. The predicted molar refractivity (Wildman–Crippen MR) is 99.8 cm³/mol. The van der Waals surface area contributed by atoms with Crippen molar-refractivity contribution in [2.45, 2.75) is 39.5 Å². The van der Waals surface area contributed by atoms with Crippen LogP contribution in [-0.2, 0) is 24.1 Å². The highest BCUT2D eigenvalue weighted by molar-refractivity contribution is 5.95. The van der Waals surface area contributed by atoms with Gasteiger partial charge >= 0.3 is 6.18 Å². The van der Waals surface area contributed by atoms with Gasteiger partial charge < -0.3 is 9.67 Å². The van der Waals surface area contributed by atoms with Crippen LogP contribution in [0, 0.1) is 5.92 Å². The molecule has 29 heavy (non-hydrogen) atoms. The lowest BCUT2D eigenvalue weighted by atomic mass is 10.1. The Hall–Kier alpha value is -3.17. The fourth-order valence-electron chi connectivity index (χ4n) is 2.86. The van der Waals surface area contributed by atoms with Gasteiger partial charge in [0.1, 0.15) is 6.54 Å². The molecule has 2 heterocycles. The van der Waals surface area contributed by atoms with Crippen LogP contribution in [-0.4, -0.2) is 25.4 Å². The van der Waals surface area contributed by atoms with Gasteiger partial charge in [-0.3, -0.25) is 9.48 Å². The summed E-state index contributed by atoms with van der Waals surface area (Å²) >= 11 is 0. The molecule has 0 atom stereocenters. The van der Waals surface area contributed by atoms with Crippen LogP contribution in [0.15, 0.2) is 46.8 Å². The Morgan fingerprint density at radius 3 is 2.62 bits per heavy atom. The summed E-state index contributed by atoms with van der Waals surface area (Å²) in [5.74, 6) is -0.472. The largest absolute Gasteiger partial charge is 0.493 e. The SMILES string of the molecule is CC(C)CCn1c(O)c(N=NC(=O)Cn2ccc(C(F)(F)F)n2)c2ccccc21. The fourth-order valence-corrected chi connectivity index (χ4v) is 2.86. The van der Waals surface area contributed by atoms with Gasteiger partial charge in [0.05, 0.1) is 5.52 Å². The van der Waals surface area contributed by atoms with Crippen LogP contribution in [0.25, 0.3) is 10.9 Å². The standard InChI is InChI=1S/C19H20F3N5O2/c1-12(2)7-10-27-14-6-4-3-5-13(14)17(18(27)29)24-23-16(28)11-26-9-8-15(25-26)19(20,21)22/h3-6,8-9,12,29H,7,10-11H2,1-2H3. The average Bonchev–Trinajstić information content (AvgIpc) is 3.21. The van der Waals surface area contributed by atoms with E-state index in [-0.39, 0.29) is 11.6 Å². The van der Waals surface area contributed by atoms with Gasteiger partial charge in [0.15, 0.2) is 11.4 Å². The number of para-hydroxylation sites is 1. The summed E-state index contributed by atoms with van der Waals surface area (Å²) in [7, 11) is 0. The predicted octanol–water partition coefficient (Wildman–Crippen LogP) is 4.92. The number of amides is 1. The van der Waals surface area contributed by atoms with Crippen molar-refractivity contribution in [2.75, 3.05) is 0 Å². The molecule has 0 saturated carbocycles. The first-order valence-corrected chi connectivity index (χ1v) is 9.02. The van der Waals surface area contributed by atoms with Gasteiger partial charge in [0, 0.05) is 18.1 Å². The van der Waals surface area contributed by atoms with Crippen LogP contribution in [0.2, 0.25) is 0 Å². The van der Waals surface area contributed by atoms with Crippen molar-refractivity contribution in [3.8, 4) is 5.88 Å². The number of aromatic hydroxyl groups is 1. The van der Waals surface area contributed by atoms with Gasteiger partial charge in [0.2, 0.25) is 5.88 Å². The second kappa shape index (κ2) is 8.06. The smallest absolute Gasteiger partial charge is 0.435 e. The molecule has 3 rings (SSSR count). The summed E-state index contributed by atoms with van der Waals surface area (Å²) in [5, 5.41) is 21.9. The zero-order valence-corrected chi connectivity index (χ0v) is 15.9. The number of halogens is 3. The maximum atomic E-state index is 12.6. The summed E-state index contributed by atoms with van der Waals surface area (Å²) in [6.45, 7) is 4.22. The number of hydrogen-bond acceptors (Lipinski definition) is 4. The first kappa shape index (κ1) is 20.6. The molecule has 0 radical (unpaired) electrons. The zero-order chi connectivity index (χ0) is 21.2. The summed E-state index contributed by atoms with van der Waals surface area (Å²) in [6, 6.07) is 7.97. The van der Waals surface area contributed by atoms with Crippen molar-refractivity contribution in [3.05, 3.63) is 42.2 Å². The number of benzene rings is 1. The Kier molecular flexibility index (Phi) is 5.71. The number of carbonyl (C=O) groups is 1. The van der Waals surface area contributed by atoms with E-state index in [0.29, 0.717) is 17.8 Å². The van der Waals surface area contributed by atoms with E-state index in [1.165, 1.54) is 0 Å². The Bertz CT molecular complexity index is 1050. The number of nitrogens with zero attached hydrogens (tertiary/aromatic N) is 5. The number of aromatic nitrogens is 3. The highest BCUT2D eigenvalue weighted by Gasteiger charge is 2.33. The highest BCUT2D eigenvalue weighted by atomic mass is 19.4. The molecule has 0 bridgehead atoms. The van der Waals surface area contributed by atoms with Gasteiger partial charge in [-0.2, -0.15) is 18.3 Å². The maximum Gasteiger partial charge on any atom is 0.435 e. The van der Waals surface area contributed by atoms with E-state index >= 15 is 0 Å². The molecule has 0 aliphatic heterocycles. The third-order valence-electron chi connectivity index (χ3n) is 4.34. The van der Waals surface area contributed by atoms with Crippen molar-refractivity contribution >= 4 is 22.5 Å². The van der Waals surface area contributed by atoms with E-state index in [1.807, 2.05) is 12.1 Å². The summed E-state index contributed by atoms with van der Waals surface area (Å²) in [6.07, 6.45) is -2.70. The summed E-state index contributed by atoms with van der Waals surface area (Å²) < 4.78 is 40.3. The Morgan fingerprint density at radius 2 is 1.97 bits per heavy atom. The minimum Gasteiger partial charge on any atom is -0.493 e. The van der Waals surface area contributed by atoms with Gasteiger partial charge in [0.25, 0.3) is 5.91 Å². The number of aryl methyl sites for hydroxylation is 1. The maximum absolute atomic E-state index is 12.6. The molecule has 154 valence electrons. The molecule has 0 saturated heterocycles. The number of hydrogen-bond donors (Lipinski definition) is 1. The lowest BCUT2D eigenvalue weighted by molar-refractivity contribution is -0.141. The van der Waals surface area contributed by atoms with E-state index in [2.05, 4.69) is 29.2 Å². The number of rotatable bonds is 6. The van der Waals surface area contributed by atoms with E-state index in [9.17, 15) is 23.1 Å². The normalized spacial score (nSPS) is 12.5. The molecule has 0 fully saturated rings. The van der Waals surface area contributed by atoms with Crippen molar-refractivity contribution in [1.82, 2.24) is 14.3 Å². The molecule has 0 unspecified atom stereocenters. The zero-order valence-electron chi connectivity index (χ0n) is 15.9. The first-order chi connectivity index (χ1) is 13.7. The van der Waals surface area contributed by atoms with Gasteiger partial charge in [-0.1, -0.05) is 32.0 Å².